The molecule has 2 aromatic heterocycles. The number of thiazole rings is 1. The Labute approximate surface area is 153 Å². The molecule has 2 heterocycles. The predicted octanol–water partition coefficient (Wildman–Crippen LogP) is 3.24. The zero-order valence-corrected chi connectivity index (χ0v) is 15.7. The van der Waals surface area contributed by atoms with E-state index in [1.165, 1.54) is 17.4 Å². The van der Waals surface area contributed by atoms with Gasteiger partial charge in [0.05, 0.1) is 9.77 Å². The third kappa shape index (κ3) is 4.31. The maximum Gasteiger partial charge on any atom is 0.267 e. The molecule has 3 rings (SSSR count). The van der Waals surface area contributed by atoms with Gasteiger partial charge in [0.1, 0.15) is 0 Å². The van der Waals surface area contributed by atoms with Crippen LogP contribution in [0.15, 0.2) is 52.9 Å². The molecule has 0 aliphatic heterocycles. The van der Waals surface area contributed by atoms with E-state index in [9.17, 15) is 13.2 Å². The summed E-state index contributed by atoms with van der Waals surface area (Å²) >= 11 is 2.44. The summed E-state index contributed by atoms with van der Waals surface area (Å²) in [5.74, 6) is -0.368. The van der Waals surface area contributed by atoms with Crippen LogP contribution in [0.4, 0.5) is 5.13 Å². The Morgan fingerprint density at radius 1 is 1.24 bits per heavy atom. The van der Waals surface area contributed by atoms with E-state index >= 15 is 0 Å². The first kappa shape index (κ1) is 17.7. The lowest BCUT2D eigenvalue weighted by Crippen LogP contribution is -2.23. The summed E-state index contributed by atoms with van der Waals surface area (Å²) < 4.78 is 27.6. The van der Waals surface area contributed by atoms with Crippen molar-refractivity contribution < 1.29 is 13.2 Å². The summed E-state index contributed by atoms with van der Waals surface area (Å²) in [5.41, 5.74) is 0.862. The van der Waals surface area contributed by atoms with E-state index in [2.05, 4.69) is 15.0 Å². The molecule has 3 aromatic rings. The van der Waals surface area contributed by atoms with E-state index in [1.54, 1.807) is 18.5 Å². The molecule has 0 spiro atoms. The average molecular weight is 394 g/mol. The molecular formula is C16H15N3O3S3. The third-order valence-electron chi connectivity index (χ3n) is 3.35. The van der Waals surface area contributed by atoms with Gasteiger partial charge in [-0.3, -0.25) is 10.1 Å². The van der Waals surface area contributed by atoms with Gasteiger partial charge in [0.25, 0.3) is 5.91 Å². The first-order chi connectivity index (χ1) is 12.0. The summed E-state index contributed by atoms with van der Waals surface area (Å²) in [6.45, 7) is 1.88. The van der Waals surface area contributed by atoms with Crippen LogP contribution in [0, 0.1) is 6.92 Å². The number of hydrogen-bond acceptors (Lipinski definition) is 6. The van der Waals surface area contributed by atoms with Crippen molar-refractivity contribution in [3.63, 3.8) is 0 Å². The molecule has 0 saturated heterocycles. The molecule has 25 heavy (non-hydrogen) atoms. The standard InChI is InChI=1S/C16H15N3O3S3/c1-11-14(25(21,22)18-10-12-5-3-2-4-6-12)9-13(24-11)15(20)19-16-17-7-8-23-16/h2-9,18H,10H2,1H3,(H,17,19,20). The van der Waals surface area contributed by atoms with E-state index in [4.69, 9.17) is 0 Å². The molecule has 0 atom stereocenters. The number of nitrogens with one attached hydrogen (secondary N) is 2. The number of carbonyl (C=O) groups excluding carboxylic acids is 1. The monoisotopic (exact) mass is 393 g/mol. The van der Waals surface area contributed by atoms with Crippen LogP contribution in [0.2, 0.25) is 0 Å². The fourth-order valence-electron chi connectivity index (χ4n) is 2.14. The summed E-state index contributed by atoms with van der Waals surface area (Å²) in [5, 5.41) is 4.88. The molecule has 1 amide bonds. The van der Waals surface area contributed by atoms with Crippen molar-refractivity contribution in [1.29, 1.82) is 0 Å². The maximum absolute atomic E-state index is 12.5. The van der Waals surface area contributed by atoms with Gasteiger partial charge in [0.15, 0.2) is 5.13 Å². The van der Waals surface area contributed by atoms with Crippen molar-refractivity contribution in [2.24, 2.45) is 0 Å². The highest BCUT2D eigenvalue weighted by molar-refractivity contribution is 7.89. The number of aryl methyl sites for hydroxylation is 1. The van der Waals surface area contributed by atoms with Gasteiger partial charge in [-0.1, -0.05) is 30.3 Å². The van der Waals surface area contributed by atoms with Crippen LogP contribution in [0.1, 0.15) is 20.1 Å². The molecule has 0 unspecified atom stereocenters. The van der Waals surface area contributed by atoms with Crippen molar-refractivity contribution in [3.05, 3.63) is 63.3 Å². The van der Waals surface area contributed by atoms with Gasteiger partial charge in [-0.2, -0.15) is 0 Å². The van der Waals surface area contributed by atoms with Crippen LogP contribution < -0.4 is 10.0 Å². The fraction of sp³-hybridized carbons (Fsp3) is 0.125. The van der Waals surface area contributed by atoms with Crippen LogP contribution in [0.5, 0.6) is 0 Å². The van der Waals surface area contributed by atoms with Crippen LogP contribution in [-0.2, 0) is 16.6 Å². The molecule has 0 radical (unpaired) electrons. The second-order valence-electron chi connectivity index (χ2n) is 5.13. The van der Waals surface area contributed by atoms with Crippen LogP contribution in [0.3, 0.4) is 0 Å². The van der Waals surface area contributed by atoms with E-state index in [-0.39, 0.29) is 17.3 Å². The first-order valence-electron chi connectivity index (χ1n) is 7.30. The van der Waals surface area contributed by atoms with Crippen molar-refractivity contribution in [1.82, 2.24) is 9.71 Å². The summed E-state index contributed by atoms with van der Waals surface area (Å²) in [7, 11) is -3.70. The number of benzene rings is 1. The molecule has 6 nitrogen and oxygen atoms in total. The van der Waals surface area contributed by atoms with Gasteiger partial charge in [0.2, 0.25) is 10.0 Å². The van der Waals surface area contributed by atoms with Crippen LogP contribution in [0.25, 0.3) is 0 Å². The van der Waals surface area contributed by atoms with E-state index in [1.807, 2.05) is 30.3 Å². The average Bonchev–Trinajstić information content (AvgIpc) is 3.24. The molecule has 9 heteroatoms. The number of carbonyl (C=O) groups is 1. The maximum atomic E-state index is 12.5. The highest BCUT2D eigenvalue weighted by atomic mass is 32.2. The quantitative estimate of drug-likeness (QED) is 0.673. The first-order valence-corrected chi connectivity index (χ1v) is 10.5. The lowest BCUT2D eigenvalue weighted by Gasteiger charge is -2.06. The van der Waals surface area contributed by atoms with Gasteiger partial charge in [-0.05, 0) is 18.6 Å². The minimum atomic E-state index is -3.70. The van der Waals surface area contributed by atoms with Gasteiger partial charge < -0.3 is 0 Å². The highest BCUT2D eigenvalue weighted by Crippen LogP contribution is 2.27. The van der Waals surface area contributed by atoms with E-state index in [0.29, 0.717) is 14.9 Å². The molecule has 0 bridgehead atoms. The second kappa shape index (κ2) is 7.44. The largest absolute Gasteiger partial charge is 0.297 e. The molecular weight excluding hydrogens is 378 g/mol. The molecule has 0 aliphatic rings. The number of nitrogens with zero attached hydrogens (tertiary/aromatic N) is 1. The Hall–Kier alpha value is -2.07. The number of rotatable bonds is 6. The molecule has 2 N–H and O–H groups in total. The summed E-state index contributed by atoms with van der Waals surface area (Å²) in [6.07, 6.45) is 1.59. The Kier molecular flexibility index (Phi) is 5.28. The molecule has 1 aromatic carbocycles. The van der Waals surface area contributed by atoms with Gasteiger partial charge in [-0.25, -0.2) is 18.1 Å². The zero-order chi connectivity index (χ0) is 17.9. The van der Waals surface area contributed by atoms with E-state index < -0.39 is 10.0 Å². The lowest BCUT2D eigenvalue weighted by atomic mass is 10.2. The van der Waals surface area contributed by atoms with Crippen molar-refractivity contribution in [2.75, 3.05) is 5.32 Å². The van der Waals surface area contributed by atoms with E-state index in [0.717, 1.165) is 16.9 Å². The number of aromatic nitrogens is 1. The number of anilines is 1. The smallest absolute Gasteiger partial charge is 0.267 e. The Balaban J connectivity index is 1.75. The number of amides is 1. The number of sulfonamides is 1. The number of thiophene rings is 1. The second-order valence-corrected chi connectivity index (χ2v) is 9.02. The summed E-state index contributed by atoms with van der Waals surface area (Å²) in [6, 6.07) is 10.7. The minimum Gasteiger partial charge on any atom is -0.297 e. The molecule has 0 aliphatic carbocycles. The Bertz CT molecular complexity index is 965. The lowest BCUT2D eigenvalue weighted by molar-refractivity contribution is 0.103. The Morgan fingerprint density at radius 3 is 2.68 bits per heavy atom. The van der Waals surface area contributed by atoms with Crippen molar-refractivity contribution >= 4 is 43.7 Å². The highest BCUT2D eigenvalue weighted by Gasteiger charge is 2.22. The van der Waals surface area contributed by atoms with Gasteiger partial charge >= 0.3 is 0 Å². The summed E-state index contributed by atoms with van der Waals surface area (Å²) in [4.78, 5) is 17.2. The Morgan fingerprint density at radius 2 is 2.00 bits per heavy atom. The SMILES string of the molecule is Cc1sc(C(=O)Nc2nccs2)cc1S(=O)(=O)NCc1ccccc1. The normalized spacial score (nSPS) is 11.4. The zero-order valence-electron chi connectivity index (χ0n) is 13.2. The van der Waals surface area contributed by atoms with Crippen LogP contribution >= 0.6 is 22.7 Å². The molecule has 0 fully saturated rings. The predicted molar refractivity (Wildman–Crippen MR) is 99.6 cm³/mol. The fourth-order valence-corrected chi connectivity index (χ4v) is 5.17. The minimum absolute atomic E-state index is 0.123. The molecule has 130 valence electrons. The third-order valence-corrected chi connectivity index (χ3v) is 6.74. The van der Waals surface area contributed by atoms with Crippen LogP contribution in [-0.4, -0.2) is 19.3 Å². The topological polar surface area (TPSA) is 88.2 Å². The van der Waals surface area contributed by atoms with Crippen molar-refractivity contribution in [2.45, 2.75) is 18.4 Å². The van der Waals surface area contributed by atoms with Gasteiger partial charge in [-0.15, -0.1) is 22.7 Å². The van der Waals surface area contributed by atoms with Gasteiger partial charge in [0, 0.05) is 23.0 Å². The number of hydrogen-bond donors (Lipinski definition) is 2. The molecule has 0 saturated carbocycles. The van der Waals surface area contributed by atoms with Crippen molar-refractivity contribution in [3.8, 4) is 0 Å².